The number of benzene rings is 2. The Labute approximate surface area is 115 Å². The van der Waals surface area contributed by atoms with Crippen molar-refractivity contribution in [2.75, 3.05) is 6.61 Å². The molecule has 0 amide bonds. The Balaban J connectivity index is 1.98. The molecule has 0 saturated carbocycles. The molecule has 92 valence electrons. The fourth-order valence-corrected chi connectivity index (χ4v) is 2.84. The van der Waals surface area contributed by atoms with Gasteiger partial charge in [0.25, 0.3) is 0 Å². The van der Waals surface area contributed by atoms with E-state index in [2.05, 4.69) is 28.1 Å². The average Bonchev–Trinajstić information content (AvgIpc) is 2.85. The Bertz CT molecular complexity index is 582. The molecule has 0 radical (unpaired) electrons. The van der Waals surface area contributed by atoms with Crippen LogP contribution in [-0.4, -0.2) is 6.61 Å². The molecule has 2 aromatic rings. The largest absolute Gasteiger partial charge is 0.493 e. The number of rotatable bonds is 2. The maximum atomic E-state index is 6.34. The second-order valence-corrected chi connectivity index (χ2v) is 5.32. The summed E-state index contributed by atoms with van der Waals surface area (Å²) in [5, 5.41) is 0. The van der Waals surface area contributed by atoms with Gasteiger partial charge in [0.1, 0.15) is 5.75 Å². The standard InChI is InChI=1S/C15H14BrNO/c16-13-4-2-1-3-12(13)15(17)11-5-6-14-10(9-11)7-8-18-14/h1-6,9,15H,7-8,17H2. The van der Waals surface area contributed by atoms with Crippen molar-refractivity contribution in [3.63, 3.8) is 0 Å². The van der Waals surface area contributed by atoms with Gasteiger partial charge in [0.05, 0.1) is 12.6 Å². The van der Waals surface area contributed by atoms with Crippen molar-refractivity contribution in [2.45, 2.75) is 12.5 Å². The fraction of sp³-hybridized carbons (Fsp3) is 0.200. The molecule has 0 aromatic heterocycles. The molecule has 0 saturated heterocycles. The van der Waals surface area contributed by atoms with Crippen molar-refractivity contribution in [1.82, 2.24) is 0 Å². The topological polar surface area (TPSA) is 35.2 Å². The van der Waals surface area contributed by atoms with E-state index in [4.69, 9.17) is 10.5 Å². The smallest absolute Gasteiger partial charge is 0.122 e. The first-order valence-corrected chi connectivity index (χ1v) is 6.80. The third-order valence-corrected chi connectivity index (χ3v) is 4.04. The molecule has 2 N–H and O–H groups in total. The minimum absolute atomic E-state index is 0.105. The quantitative estimate of drug-likeness (QED) is 0.922. The predicted molar refractivity (Wildman–Crippen MR) is 75.8 cm³/mol. The monoisotopic (exact) mass is 303 g/mol. The number of halogens is 1. The van der Waals surface area contributed by atoms with Crippen LogP contribution in [0.2, 0.25) is 0 Å². The van der Waals surface area contributed by atoms with Gasteiger partial charge in [-0.05, 0) is 28.8 Å². The van der Waals surface area contributed by atoms with E-state index in [1.54, 1.807) is 0 Å². The lowest BCUT2D eigenvalue weighted by Crippen LogP contribution is -2.12. The van der Waals surface area contributed by atoms with Crippen molar-refractivity contribution in [3.8, 4) is 5.75 Å². The lowest BCUT2D eigenvalue weighted by atomic mass is 9.97. The number of hydrogen-bond donors (Lipinski definition) is 1. The SMILES string of the molecule is NC(c1ccc2c(c1)CCO2)c1ccccc1Br. The van der Waals surface area contributed by atoms with Gasteiger partial charge in [-0.3, -0.25) is 0 Å². The molecule has 2 aromatic carbocycles. The number of nitrogens with two attached hydrogens (primary N) is 1. The number of ether oxygens (including phenoxy) is 1. The highest BCUT2D eigenvalue weighted by Crippen LogP contribution is 2.31. The summed E-state index contributed by atoms with van der Waals surface area (Å²) in [5.74, 6) is 0.998. The molecule has 3 rings (SSSR count). The number of fused-ring (bicyclic) bond motifs is 1. The summed E-state index contributed by atoms with van der Waals surface area (Å²) >= 11 is 3.55. The average molecular weight is 304 g/mol. The Kier molecular flexibility index (Phi) is 3.10. The lowest BCUT2D eigenvalue weighted by Gasteiger charge is -2.15. The van der Waals surface area contributed by atoms with Gasteiger partial charge in [-0.2, -0.15) is 0 Å². The maximum absolute atomic E-state index is 6.34. The van der Waals surface area contributed by atoms with E-state index in [0.717, 1.165) is 34.4 Å². The summed E-state index contributed by atoms with van der Waals surface area (Å²) in [6.45, 7) is 0.781. The second kappa shape index (κ2) is 4.75. The van der Waals surface area contributed by atoms with E-state index in [-0.39, 0.29) is 6.04 Å². The zero-order chi connectivity index (χ0) is 12.5. The van der Waals surface area contributed by atoms with Crippen molar-refractivity contribution < 1.29 is 4.74 Å². The van der Waals surface area contributed by atoms with E-state index in [1.807, 2.05) is 30.3 Å². The summed E-state index contributed by atoms with van der Waals surface area (Å²) in [6, 6.07) is 14.2. The molecule has 1 aliphatic heterocycles. The second-order valence-electron chi connectivity index (χ2n) is 4.46. The predicted octanol–water partition coefficient (Wildman–Crippen LogP) is 3.43. The van der Waals surface area contributed by atoms with Gasteiger partial charge in [0.15, 0.2) is 0 Å². The minimum Gasteiger partial charge on any atom is -0.493 e. The summed E-state index contributed by atoms with van der Waals surface area (Å²) in [5.41, 5.74) is 9.84. The van der Waals surface area contributed by atoms with Crippen molar-refractivity contribution in [3.05, 3.63) is 63.6 Å². The summed E-state index contributed by atoms with van der Waals surface area (Å²) < 4.78 is 6.56. The molecule has 3 heteroatoms. The van der Waals surface area contributed by atoms with Gasteiger partial charge >= 0.3 is 0 Å². The Hall–Kier alpha value is -1.32. The highest BCUT2D eigenvalue weighted by atomic mass is 79.9. The first kappa shape index (κ1) is 11.8. The molecular formula is C15H14BrNO. The van der Waals surface area contributed by atoms with Crippen molar-refractivity contribution in [1.29, 1.82) is 0 Å². The molecule has 18 heavy (non-hydrogen) atoms. The summed E-state index contributed by atoms with van der Waals surface area (Å²) in [4.78, 5) is 0. The first-order valence-electron chi connectivity index (χ1n) is 6.01. The molecule has 1 atom stereocenters. The van der Waals surface area contributed by atoms with Crippen LogP contribution in [0.4, 0.5) is 0 Å². The van der Waals surface area contributed by atoms with Gasteiger partial charge < -0.3 is 10.5 Å². The fourth-order valence-electron chi connectivity index (χ4n) is 2.31. The van der Waals surface area contributed by atoms with Crippen LogP contribution in [-0.2, 0) is 6.42 Å². The Morgan fingerprint density at radius 3 is 2.83 bits per heavy atom. The van der Waals surface area contributed by atoms with Crippen LogP contribution in [0.25, 0.3) is 0 Å². The summed E-state index contributed by atoms with van der Waals surface area (Å²) in [7, 11) is 0. The van der Waals surface area contributed by atoms with Crippen molar-refractivity contribution in [2.24, 2.45) is 5.73 Å². The van der Waals surface area contributed by atoms with E-state index < -0.39 is 0 Å². The third-order valence-electron chi connectivity index (χ3n) is 3.31. The van der Waals surface area contributed by atoms with Crippen LogP contribution in [0.1, 0.15) is 22.7 Å². The Morgan fingerprint density at radius 2 is 2.00 bits per heavy atom. The van der Waals surface area contributed by atoms with Crippen LogP contribution in [0.15, 0.2) is 46.9 Å². The maximum Gasteiger partial charge on any atom is 0.122 e. The third kappa shape index (κ3) is 2.04. The van der Waals surface area contributed by atoms with Crippen LogP contribution in [0, 0.1) is 0 Å². The van der Waals surface area contributed by atoms with Gasteiger partial charge in [0.2, 0.25) is 0 Å². The number of hydrogen-bond acceptors (Lipinski definition) is 2. The van der Waals surface area contributed by atoms with Crippen LogP contribution in [0.5, 0.6) is 5.75 Å². The molecule has 0 spiro atoms. The van der Waals surface area contributed by atoms with E-state index in [9.17, 15) is 0 Å². The highest BCUT2D eigenvalue weighted by Gasteiger charge is 2.16. The zero-order valence-electron chi connectivity index (χ0n) is 9.90. The van der Waals surface area contributed by atoms with E-state index in [0.29, 0.717) is 0 Å². The van der Waals surface area contributed by atoms with Crippen LogP contribution < -0.4 is 10.5 Å². The van der Waals surface area contributed by atoms with Crippen LogP contribution in [0.3, 0.4) is 0 Å². The molecule has 0 bridgehead atoms. The molecule has 1 heterocycles. The zero-order valence-corrected chi connectivity index (χ0v) is 11.5. The van der Waals surface area contributed by atoms with Gasteiger partial charge in [0, 0.05) is 10.9 Å². The van der Waals surface area contributed by atoms with E-state index >= 15 is 0 Å². The molecule has 2 nitrogen and oxygen atoms in total. The highest BCUT2D eigenvalue weighted by molar-refractivity contribution is 9.10. The van der Waals surface area contributed by atoms with Gasteiger partial charge in [-0.1, -0.05) is 46.3 Å². The minimum atomic E-state index is -0.105. The molecule has 0 fully saturated rings. The van der Waals surface area contributed by atoms with Gasteiger partial charge in [-0.25, -0.2) is 0 Å². The summed E-state index contributed by atoms with van der Waals surface area (Å²) in [6.07, 6.45) is 0.978. The molecular weight excluding hydrogens is 290 g/mol. The molecule has 1 unspecified atom stereocenters. The molecule has 1 aliphatic rings. The lowest BCUT2D eigenvalue weighted by molar-refractivity contribution is 0.357. The molecule has 0 aliphatic carbocycles. The van der Waals surface area contributed by atoms with Crippen molar-refractivity contribution >= 4 is 15.9 Å². The Morgan fingerprint density at radius 1 is 1.17 bits per heavy atom. The van der Waals surface area contributed by atoms with Gasteiger partial charge in [-0.15, -0.1) is 0 Å². The van der Waals surface area contributed by atoms with E-state index in [1.165, 1.54) is 5.56 Å². The van der Waals surface area contributed by atoms with Crippen LogP contribution >= 0.6 is 15.9 Å². The first-order chi connectivity index (χ1) is 8.75. The normalized spacial score (nSPS) is 15.0.